The molecule has 2 aromatic heterocycles. The predicted molar refractivity (Wildman–Crippen MR) is 135 cm³/mol. The van der Waals surface area contributed by atoms with Gasteiger partial charge in [-0.05, 0) is 12.1 Å². The first-order chi connectivity index (χ1) is 18.8. The number of hydrogen-bond acceptors (Lipinski definition) is 11. The van der Waals surface area contributed by atoms with Crippen molar-refractivity contribution in [1.29, 1.82) is 0 Å². The number of benzene rings is 1. The van der Waals surface area contributed by atoms with Crippen LogP contribution in [0, 0.1) is 0 Å². The fourth-order valence-corrected chi connectivity index (χ4v) is 5.22. The Morgan fingerprint density at radius 1 is 1.13 bits per heavy atom. The molecule has 39 heavy (non-hydrogen) atoms. The van der Waals surface area contributed by atoms with Gasteiger partial charge in [-0.2, -0.15) is 0 Å². The second-order valence-electron chi connectivity index (χ2n) is 9.68. The molecular weight excluding hydrogens is 510 g/mol. The number of anilines is 2. The van der Waals surface area contributed by atoms with Crippen molar-refractivity contribution in [2.45, 2.75) is 31.1 Å². The van der Waals surface area contributed by atoms with Gasteiger partial charge < -0.3 is 36.2 Å². The number of nitrogens with one attached hydrogen (secondary N) is 2. The molecule has 4 atom stereocenters. The molecule has 1 aromatic carbocycles. The molecule has 3 amide bonds. The highest BCUT2D eigenvalue weighted by atomic mass is 16.6. The monoisotopic (exact) mass is 537 g/mol. The normalized spacial score (nSPS) is 25.1. The minimum absolute atomic E-state index is 0.120. The van der Waals surface area contributed by atoms with E-state index in [9.17, 15) is 24.6 Å². The number of carbonyl (C=O) groups is 3. The average molecular weight is 538 g/mol. The molecule has 4 unspecified atom stereocenters. The molecule has 0 bridgehead atoms. The summed E-state index contributed by atoms with van der Waals surface area (Å²) in [5, 5.41) is 26.9. The Kier molecular flexibility index (Phi) is 6.34. The van der Waals surface area contributed by atoms with E-state index in [1.54, 1.807) is 23.1 Å². The van der Waals surface area contributed by atoms with Gasteiger partial charge in [-0.3, -0.25) is 23.9 Å². The predicted octanol–water partition coefficient (Wildman–Crippen LogP) is -1.95. The number of aliphatic hydroxyl groups is 2. The zero-order valence-electron chi connectivity index (χ0n) is 20.7. The highest BCUT2D eigenvalue weighted by molar-refractivity contribution is 6.02. The van der Waals surface area contributed by atoms with E-state index in [1.807, 2.05) is 4.90 Å². The summed E-state index contributed by atoms with van der Waals surface area (Å²) in [6, 6.07) is 5.21. The highest BCUT2D eigenvalue weighted by Gasteiger charge is 2.49. The van der Waals surface area contributed by atoms with Crippen molar-refractivity contribution in [1.82, 2.24) is 34.6 Å². The molecule has 6 rings (SSSR count). The second kappa shape index (κ2) is 9.85. The number of nitrogens with zero attached hydrogens (tertiary/aromatic N) is 6. The Bertz CT molecular complexity index is 1450. The zero-order valence-corrected chi connectivity index (χ0v) is 20.7. The van der Waals surface area contributed by atoms with Crippen LogP contribution >= 0.6 is 0 Å². The molecule has 204 valence electrons. The van der Waals surface area contributed by atoms with E-state index >= 15 is 0 Å². The number of ether oxygens (including phenoxy) is 1. The molecule has 15 nitrogen and oxygen atoms in total. The molecule has 0 saturated carbocycles. The number of fused-ring (bicyclic) bond motifs is 2. The second-order valence-corrected chi connectivity index (χ2v) is 9.68. The molecule has 3 aliphatic heterocycles. The Balaban J connectivity index is 1.05. The van der Waals surface area contributed by atoms with Crippen LogP contribution in [0.2, 0.25) is 0 Å². The smallest absolute Gasteiger partial charge is 0.254 e. The fraction of sp³-hybridized carbons (Fsp3) is 0.417. The molecule has 3 aliphatic rings. The highest BCUT2D eigenvalue weighted by Crippen LogP contribution is 2.33. The Morgan fingerprint density at radius 2 is 1.92 bits per heavy atom. The van der Waals surface area contributed by atoms with E-state index in [4.69, 9.17) is 10.5 Å². The van der Waals surface area contributed by atoms with Gasteiger partial charge in [-0.15, -0.1) is 0 Å². The number of nitrogen functional groups attached to an aromatic ring is 1. The lowest BCUT2D eigenvalue weighted by Crippen LogP contribution is -2.54. The molecule has 0 radical (unpaired) electrons. The van der Waals surface area contributed by atoms with Gasteiger partial charge in [-0.25, -0.2) is 15.0 Å². The molecule has 0 spiro atoms. The maximum Gasteiger partial charge on any atom is 0.254 e. The summed E-state index contributed by atoms with van der Waals surface area (Å²) < 4.78 is 7.23. The summed E-state index contributed by atoms with van der Waals surface area (Å²) in [5.74, 6) is -0.677. The van der Waals surface area contributed by atoms with E-state index in [0.29, 0.717) is 55.1 Å². The van der Waals surface area contributed by atoms with E-state index in [1.165, 1.54) is 17.2 Å². The van der Waals surface area contributed by atoms with Crippen LogP contribution in [0.3, 0.4) is 0 Å². The number of carbonyl (C=O) groups excluding carboxylic acids is 3. The standard InChI is InChI=1S/C24H27N9O6/c25-20-16-21(28-10-27-20)33(11-29-16)24-18(36)17(35)19(39-24)23(38)32-6-4-31(5-7-32)9-15(34)30-14-3-1-2-12-13(14)8-26-22(12)37/h1-3,10-11,17-19,24,35-36H,4-9H2,(H,26,37)(H,30,34)(H2,25,27,28). The number of aliphatic hydroxyl groups excluding tert-OH is 2. The van der Waals surface area contributed by atoms with E-state index < -0.39 is 30.4 Å². The summed E-state index contributed by atoms with van der Waals surface area (Å²) in [4.78, 5) is 53.4. The Hall–Kier alpha value is -4.18. The van der Waals surface area contributed by atoms with Gasteiger partial charge in [0.25, 0.3) is 11.8 Å². The zero-order chi connectivity index (χ0) is 27.3. The van der Waals surface area contributed by atoms with Crippen LogP contribution in [0.15, 0.2) is 30.9 Å². The maximum absolute atomic E-state index is 13.2. The van der Waals surface area contributed by atoms with Crippen molar-refractivity contribution in [2.24, 2.45) is 0 Å². The van der Waals surface area contributed by atoms with Crippen molar-refractivity contribution in [2.75, 3.05) is 43.8 Å². The number of rotatable bonds is 5. The summed E-state index contributed by atoms with van der Waals surface area (Å²) in [6.45, 7) is 1.99. The first-order valence-electron chi connectivity index (χ1n) is 12.5. The van der Waals surface area contributed by atoms with Gasteiger partial charge in [0, 0.05) is 49.5 Å². The van der Waals surface area contributed by atoms with Crippen LogP contribution in [0.25, 0.3) is 11.2 Å². The topological polar surface area (TPSA) is 201 Å². The lowest BCUT2D eigenvalue weighted by molar-refractivity contribution is -0.150. The summed E-state index contributed by atoms with van der Waals surface area (Å²) >= 11 is 0. The van der Waals surface area contributed by atoms with Gasteiger partial charge >= 0.3 is 0 Å². The van der Waals surface area contributed by atoms with Crippen molar-refractivity contribution in [3.63, 3.8) is 0 Å². The van der Waals surface area contributed by atoms with Crippen molar-refractivity contribution >= 4 is 40.4 Å². The van der Waals surface area contributed by atoms with Crippen LogP contribution < -0.4 is 16.4 Å². The lowest BCUT2D eigenvalue weighted by atomic mass is 10.1. The molecule has 6 N–H and O–H groups in total. The summed E-state index contributed by atoms with van der Waals surface area (Å²) in [6.07, 6.45) is -2.62. The number of amides is 3. The quantitative estimate of drug-likeness (QED) is 0.242. The minimum Gasteiger partial charge on any atom is -0.387 e. The van der Waals surface area contributed by atoms with Crippen molar-refractivity contribution < 1.29 is 29.3 Å². The Morgan fingerprint density at radius 3 is 2.72 bits per heavy atom. The van der Waals surface area contributed by atoms with Crippen LogP contribution in [-0.2, 0) is 20.9 Å². The number of piperazine rings is 1. The van der Waals surface area contributed by atoms with Gasteiger partial charge in [-0.1, -0.05) is 6.07 Å². The molecule has 5 heterocycles. The molecule has 15 heteroatoms. The summed E-state index contributed by atoms with van der Waals surface area (Å²) in [7, 11) is 0. The maximum atomic E-state index is 13.2. The first kappa shape index (κ1) is 25.1. The third-order valence-corrected chi connectivity index (χ3v) is 7.31. The largest absolute Gasteiger partial charge is 0.387 e. The molecule has 2 saturated heterocycles. The molecular formula is C24H27N9O6. The fourth-order valence-electron chi connectivity index (χ4n) is 5.22. The molecule has 3 aromatic rings. The lowest BCUT2D eigenvalue weighted by Gasteiger charge is -2.35. The summed E-state index contributed by atoms with van der Waals surface area (Å²) in [5.41, 5.74) is 8.38. The number of hydrogen-bond donors (Lipinski definition) is 5. The van der Waals surface area contributed by atoms with Crippen LogP contribution in [-0.4, -0.2) is 108 Å². The van der Waals surface area contributed by atoms with Crippen LogP contribution in [0.5, 0.6) is 0 Å². The van der Waals surface area contributed by atoms with Crippen LogP contribution in [0.1, 0.15) is 22.1 Å². The van der Waals surface area contributed by atoms with E-state index in [-0.39, 0.29) is 24.2 Å². The van der Waals surface area contributed by atoms with Crippen LogP contribution in [0.4, 0.5) is 11.5 Å². The van der Waals surface area contributed by atoms with Gasteiger partial charge in [0.2, 0.25) is 5.91 Å². The van der Waals surface area contributed by atoms with Gasteiger partial charge in [0.1, 0.15) is 24.1 Å². The SMILES string of the molecule is Nc1ncnc2c1ncn2C1OC(C(=O)N2CCN(CC(=O)Nc3cccc4c3CNC4=O)CC2)C(O)C1O. The number of aromatic nitrogens is 4. The third-order valence-electron chi connectivity index (χ3n) is 7.31. The molecule has 0 aliphatic carbocycles. The third kappa shape index (κ3) is 4.44. The number of imidazole rings is 1. The molecule has 2 fully saturated rings. The Labute approximate surface area is 221 Å². The van der Waals surface area contributed by atoms with Gasteiger partial charge in [0.15, 0.2) is 23.8 Å². The van der Waals surface area contributed by atoms with Gasteiger partial charge in [0.05, 0.1) is 12.9 Å². The van der Waals surface area contributed by atoms with Crippen molar-refractivity contribution in [3.05, 3.63) is 42.0 Å². The van der Waals surface area contributed by atoms with E-state index in [2.05, 4.69) is 25.6 Å². The number of nitrogens with two attached hydrogens (primary N) is 1. The first-order valence-corrected chi connectivity index (χ1v) is 12.5. The van der Waals surface area contributed by atoms with E-state index in [0.717, 1.165) is 5.56 Å². The average Bonchev–Trinajstić information content (AvgIpc) is 3.61. The minimum atomic E-state index is -1.46. The van der Waals surface area contributed by atoms with Crippen molar-refractivity contribution in [3.8, 4) is 0 Å².